The molecule has 0 bridgehead atoms. The molecule has 2 fully saturated rings. The van der Waals surface area contributed by atoms with Gasteiger partial charge in [-0.1, -0.05) is 6.42 Å². The molecule has 17 heavy (non-hydrogen) atoms. The molecule has 2 rings (SSSR count). The summed E-state index contributed by atoms with van der Waals surface area (Å²) in [6.07, 6.45) is 9.61. The molecule has 0 aromatic rings. The quantitative estimate of drug-likeness (QED) is 0.748. The highest BCUT2D eigenvalue weighted by Gasteiger charge is 2.24. The Balaban J connectivity index is 1.59. The summed E-state index contributed by atoms with van der Waals surface area (Å²) in [5.41, 5.74) is 3.62. The average molecular weight is 240 g/mol. The van der Waals surface area contributed by atoms with Crippen molar-refractivity contribution >= 4 is 0 Å². The molecule has 2 saturated heterocycles. The van der Waals surface area contributed by atoms with Gasteiger partial charge in [0.2, 0.25) is 0 Å². The largest absolute Gasteiger partial charge is 0.378 e. The second kappa shape index (κ2) is 6.72. The van der Waals surface area contributed by atoms with Gasteiger partial charge in [-0.15, -0.1) is 0 Å². The van der Waals surface area contributed by atoms with Gasteiger partial charge in [0.1, 0.15) is 0 Å². The first kappa shape index (κ1) is 13.3. The Kier molecular flexibility index (Phi) is 5.26. The highest BCUT2D eigenvalue weighted by Crippen LogP contribution is 2.20. The van der Waals surface area contributed by atoms with E-state index in [4.69, 9.17) is 4.74 Å². The molecule has 3 atom stereocenters. The molecular weight excluding hydrogens is 212 g/mol. The van der Waals surface area contributed by atoms with Crippen LogP contribution in [0.2, 0.25) is 0 Å². The second-order valence-corrected chi connectivity index (χ2v) is 5.72. The normalized spacial score (nSPS) is 35.3. The molecule has 2 aliphatic rings. The smallest absolute Gasteiger partial charge is 0.0576 e. The van der Waals surface area contributed by atoms with E-state index in [1.54, 1.807) is 0 Å². The second-order valence-electron chi connectivity index (χ2n) is 5.72. The number of piperidine rings is 1. The standard InChI is InChI=1S/C14H28N2O/c1-12-6-3-7-13(2)16(12)15-10-4-8-14-9-5-11-17-14/h12-15H,3-11H2,1-2H3. The molecule has 3 heteroatoms. The molecule has 3 unspecified atom stereocenters. The Morgan fingerprint density at radius 1 is 1.12 bits per heavy atom. The van der Waals surface area contributed by atoms with Crippen molar-refractivity contribution in [1.82, 2.24) is 10.4 Å². The van der Waals surface area contributed by atoms with Crippen LogP contribution in [0.4, 0.5) is 0 Å². The molecule has 3 nitrogen and oxygen atoms in total. The molecule has 0 aliphatic carbocycles. The van der Waals surface area contributed by atoms with E-state index in [1.807, 2.05) is 0 Å². The van der Waals surface area contributed by atoms with Crippen molar-refractivity contribution in [1.29, 1.82) is 0 Å². The minimum Gasteiger partial charge on any atom is -0.378 e. The molecule has 1 N–H and O–H groups in total. The lowest BCUT2D eigenvalue weighted by molar-refractivity contribution is 0.0429. The van der Waals surface area contributed by atoms with Crippen LogP contribution in [0.25, 0.3) is 0 Å². The summed E-state index contributed by atoms with van der Waals surface area (Å²) >= 11 is 0. The van der Waals surface area contributed by atoms with E-state index >= 15 is 0 Å². The fourth-order valence-corrected chi connectivity index (χ4v) is 3.14. The SMILES string of the molecule is CC1CCCC(C)N1NCCCC1CCCO1. The molecule has 0 saturated carbocycles. The maximum atomic E-state index is 5.65. The van der Waals surface area contributed by atoms with Crippen LogP contribution in [0.15, 0.2) is 0 Å². The summed E-state index contributed by atoms with van der Waals surface area (Å²) in [5, 5.41) is 2.47. The third-order valence-corrected chi connectivity index (χ3v) is 4.21. The van der Waals surface area contributed by atoms with Gasteiger partial charge in [-0.2, -0.15) is 0 Å². The van der Waals surface area contributed by atoms with Crippen molar-refractivity contribution < 1.29 is 4.74 Å². The maximum absolute atomic E-state index is 5.65. The molecule has 0 amide bonds. The summed E-state index contributed by atoms with van der Waals surface area (Å²) < 4.78 is 5.65. The molecule has 0 spiro atoms. The lowest BCUT2D eigenvalue weighted by atomic mass is 10.00. The number of hydrazine groups is 1. The zero-order chi connectivity index (χ0) is 12.1. The Bertz CT molecular complexity index is 206. The van der Waals surface area contributed by atoms with Gasteiger partial charge in [0.25, 0.3) is 0 Å². The zero-order valence-electron chi connectivity index (χ0n) is 11.5. The number of hydrogen-bond donors (Lipinski definition) is 1. The lowest BCUT2D eigenvalue weighted by Gasteiger charge is -2.39. The minimum absolute atomic E-state index is 0.549. The Hall–Kier alpha value is -0.120. The van der Waals surface area contributed by atoms with Crippen molar-refractivity contribution in [3.05, 3.63) is 0 Å². The van der Waals surface area contributed by atoms with E-state index in [0.717, 1.165) is 13.2 Å². The van der Waals surface area contributed by atoms with E-state index in [0.29, 0.717) is 18.2 Å². The molecule has 0 aromatic carbocycles. The number of rotatable bonds is 5. The van der Waals surface area contributed by atoms with Crippen LogP contribution in [-0.4, -0.2) is 36.3 Å². The maximum Gasteiger partial charge on any atom is 0.0576 e. The molecule has 0 radical (unpaired) electrons. The monoisotopic (exact) mass is 240 g/mol. The van der Waals surface area contributed by atoms with Gasteiger partial charge in [-0.25, -0.2) is 5.01 Å². The average Bonchev–Trinajstić information content (AvgIpc) is 2.80. The summed E-state index contributed by atoms with van der Waals surface area (Å²) in [4.78, 5) is 0. The highest BCUT2D eigenvalue weighted by molar-refractivity contribution is 4.76. The van der Waals surface area contributed by atoms with Crippen LogP contribution in [0.3, 0.4) is 0 Å². The van der Waals surface area contributed by atoms with Crippen LogP contribution in [-0.2, 0) is 4.74 Å². The summed E-state index contributed by atoms with van der Waals surface area (Å²) in [6.45, 7) is 6.76. The summed E-state index contributed by atoms with van der Waals surface area (Å²) in [5.74, 6) is 0. The van der Waals surface area contributed by atoms with Crippen LogP contribution in [0.5, 0.6) is 0 Å². The first-order chi connectivity index (χ1) is 8.27. The fraction of sp³-hybridized carbons (Fsp3) is 1.00. The van der Waals surface area contributed by atoms with E-state index < -0.39 is 0 Å². The topological polar surface area (TPSA) is 24.5 Å². The van der Waals surface area contributed by atoms with Gasteiger partial charge in [-0.3, -0.25) is 5.43 Å². The fourth-order valence-electron chi connectivity index (χ4n) is 3.14. The van der Waals surface area contributed by atoms with Crippen LogP contribution in [0.1, 0.15) is 58.8 Å². The molecular formula is C14H28N2O. The molecule has 0 aromatic heterocycles. The number of ether oxygens (including phenoxy) is 1. The summed E-state index contributed by atoms with van der Waals surface area (Å²) in [6, 6.07) is 1.39. The van der Waals surface area contributed by atoms with E-state index in [2.05, 4.69) is 24.3 Å². The molecule has 2 aliphatic heterocycles. The third-order valence-electron chi connectivity index (χ3n) is 4.21. The van der Waals surface area contributed by atoms with Crippen molar-refractivity contribution in [2.45, 2.75) is 77.0 Å². The highest BCUT2D eigenvalue weighted by atomic mass is 16.5. The lowest BCUT2D eigenvalue weighted by Crippen LogP contribution is -2.52. The van der Waals surface area contributed by atoms with Crippen molar-refractivity contribution in [2.75, 3.05) is 13.2 Å². The van der Waals surface area contributed by atoms with Crippen molar-refractivity contribution in [3.8, 4) is 0 Å². The van der Waals surface area contributed by atoms with Crippen LogP contribution in [0, 0.1) is 0 Å². The van der Waals surface area contributed by atoms with Gasteiger partial charge in [-0.05, 0) is 52.4 Å². The van der Waals surface area contributed by atoms with Crippen molar-refractivity contribution in [2.24, 2.45) is 0 Å². The van der Waals surface area contributed by atoms with Gasteiger partial charge >= 0.3 is 0 Å². The summed E-state index contributed by atoms with van der Waals surface area (Å²) in [7, 11) is 0. The number of nitrogens with one attached hydrogen (secondary N) is 1. The first-order valence-electron chi connectivity index (χ1n) is 7.41. The van der Waals surface area contributed by atoms with Gasteiger partial charge in [0.05, 0.1) is 6.10 Å². The van der Waals surface area contributed by atoms with Crippen LogP contribution >= 0.6 is 0 Å². The van der Waals surface area contributed by atoms with E-state index in [9.17, 15) is 0 Å². The predicted octanol–water partition coefficient (Wildman–Crippen LogP) is 2.71. The Labute approximate surface area is 106 Å². The van der Waals surface area contributed by atoms with E-state index in [1.165, 1.54) is 44.9 Å². The Morgan fingerprint density at radius 3 is 2.53 bits per heavy atom. The van der Waals surface area contributed by atoms with E-state index in [-0.39, 0.29) is 0 Å². The van der Waals surface area contributed by atoms with Gasteiger partial charge in [0.15, 0.2) is 0 Å². The zero-order valence-corrected chi connectivity index (χ0v) is 11.5. The number of nitrogens with zero attached hydrogens (tertiary/aromatic N) is 1. The van der Waals surface area contributed by atoms with Gasteiger partial charge in [0, 0.05) is 25.2 Å². The first-order valence-corrected chi connectivity index (χ1v) is 7.41. The molecule has 2 heterocycles. The third kappa shape index (κ3) is 3.94. The van der Waals surface area contributed by atoms with Crippen molar-refractivity contribution in [3.63, 3.8) is 0 Å². The predicted molar refractivity (Wildman–Crippen MR) is 70.8 cm³/mol. The minimum atomic E-state index is 0.549. The van der Waals surface area contributed by atoms with Crippen LogP contribution < -0.4 is 5.43 Å². The Morgan fingerprint density at radius 2 is 1.88 bits per heavy atom. The van der Waals surface area contributed by atoms with Gasteiger partial charge < -0.3 is 4.74 Å². The number of hydrogen-bond acceptors (Lipinski definition) is 3. The molecule has 100 valence electrons.